The van der Waals surface area contributed by atoms with E-state index in [9.17, 15) is 4.79 Å². The van der Waals surface area contributed by atoms with Crippen LogP contribution in [0.3, 0.4) is 0 Å². The summed E-state index contributed by atoms with van der Waals surface area (Å²) in [5, 5.41) is 2.75. The molecule has 0 bridgehead atoms. The molecule has 1 aromatic carbocycles. The second-order valence-corrected chi connectivity index (χ2v) is 4.65. The zero-order valence-electron chi connectivity index (χ0n) is 12.2. The molecule has 0 spiro atoms. The van der Waals surface area contributed by atoms with Crippen molar-refractivity contribution in [1.82, 2.24) is 5.32 Å². The summed E-state index contributed by atoms with van der Waals surface area (Å²) in [5.41, 5.74) is 1.15. The number of hydrogen-bond acceptors (Lipinski definition) is 4. The molecular formula is C16H19NO4. The van der Waals surface area contributed by atoms with Crippen molar-refractivity contribution in [2.24, 2.45) is 0 Å². The van der Waals surface area contributed by atoms with Gasteiger partial charge in [0.1, 0.15) is 17.6 Å². The number of hydrogen-bond donors (Lipinski definition) is 1. The maximum absolute atomic E-state index is 11.8. The molecule has 1 aromatic heterocycles. The molecule has 0 aliphatic heterocycles. The Morgan fingerprint density at radius 1 is 1.29 bits per heavy atom. The van der Waals surface area contributed by atoms with E-state index < -0.39 is 0 Å². The topological polar surface area (TPSA) is 60.7 Å². The molecule has 0 saturated heterocycles. The molecule has 1 atom stereocenters. The van der Waals surface area contributed by atoms with Gasteiger partial charge in [-0.25, -0.2) is 0 Å². The fraction of sp³-hybridized carbons (Fsp3) is 0.312. The molecule has 0 radical (unpaired) electrons. The van der Waals surface area contributed by atoms with Gasteiger partial charge in [0.15, 0.2) is 6.61 Å². The molecule has 112 valence electrons. The standard InChI is InChI=1S/C16H19NO4/c1-12-5-7-13(8-6-12)21-11-16(18)17-10-15(19-2)14-4-3-9-20-14/h3-9,15H,10-11H2,1-2H3,(H,17,18). The quantitative estimate of drug-likeness (QED) is 0.850. The van der Waals surface area contributed by atoms with Crippen LogP contribution in [0.2, 0.25) is 0 Å². The summed E-state index contributed by atoms with van der Waals surface area (Å²) in [7, 11) is 1.57. The molecule has 21 heavy (non-hydrogen) atoms. The SMILES string of the molecule is COC(CNC(=O)COc1ccc(C)cc1)c1ccco1. The first-order valence-corrected chi connectivity index (χ1v) is 6.71. The van der Waals surface area contributed by atoms with E-state index in [0.29, 0.717) is 18.1 Å². The van der Waals surface area contributed by atoms with E-state index in [-0.39, 0.29) is 18.6 Å². The summed E-state index contributed by atoms with van der Waals surface area (Å²) < 4.78 is 15.9. The van der Waals surface area contributed by atoms with Gasteiger partial charge in [-0.05, 0) is 31.2 Å². The fourth-order valence-corrected chi connectivity index (χ4v) is 1.82. The summed E-state index contributed by atoms with van der Waals surface area (Å²) in [4.78, 5) is 11.8. The average molecular weight is 289 g/mol. The minimum absolute atomic E-state index is 0.0301. The molecule has 5 heteroatoms. The molecule has 0 fully saturated rings. The Hall–Kier alpha value is -2.27. The predicted molar refractivity (Wildman–Crippen MR) is 78.1 cm³/mol. The Balaban J connectivity index is 1.75. The number of benzene rings is 1. The van der Waals surface area contributed by atoms with E-state index in [1.807, 2.05) is 37.3 Å². The molecule has 1 amide bonds. The summed E-state index contributed by atoms with van der Waals surface area (Å²) in [6, 6.07) is 11.1. The average Bonchev–Trinajstić information content (AvgIpc) is 3.01. The number of rotatable bonds is 7. The van der Waals surface area contributed by atoms with Crippen LogP contribution in [0, 0.1) is 6.92 Å². The van der Waals surface area contributed by atoms with Crippen molar-refractivity contribution in [3.63, 3.8) is 0 Å². The Morgan fingerprint density at radius 3 is 2.67 bits per heavy atom. The second-order valence-electron chi connectivity index (χ2n) is 4.65. The van der Waals surface area contributed by atoms with Gasteiger partial charge in [-0.3, -0.25) is 4.79 Å². The van der Waals surface area contributed by atoms with E-state index in [0.717, 1.165) is 5.56 Å². The third kappa shape index (κ3) is 4.65. The van der Waals surface area contributed by atoms with Crippen molar-refractivity contribution in [2.45, 2.75) is 13.0 Å². The number of carbonyl (C=O) groups is 1. The first-order valence-electron chi connectivity index (χ1n) is 6.71. The fourth-order valence-electron chi connectivity index (χ4n) is 1.82. The minimum atomic E-state index is -0.302. The molecule has 5 nitrogen and oxygen atoms in total. The van der Waals surface area contributed by atoms with E-state index in [4.69, 9.17) is 13.9 Å². The highest BCUT2D eigenvalue weighted by Crippen LogP contribution is 2.15. The van der Waals surface area contributed by atoms with Gasteiger partial charge in [-0.2, -0.15) is 0 Å². The van der Waals surface area contributed by atoms with E-state index in [1.54, 1.807) is 19.4 Å². The lowest BCUT2D eigenvalue weighted by molar-refractivity contribution is -0.123. The molecule has 0 aliphatic rings. The maximum atomic E-state index is 11.8. The molecular weight excluding hydrogens is 270 g/mol. The highest BCUT2D eigenvalue weighted by Gasteiger charge is 2.14. The van der Waals surface area contributed by atoms with Gasteiger partial charge in [-0.15, -0.1) is 0 Å². The van der Waals surface area contributed by atoms with Crippen LogP contribution in [0.25, 0.3) is 0 Å². The summed E-state index contributed by atoms with van der Waals surface area (Å²) in [6.45, 7) is 2.30. The van der Waals surface area contributed by atoms with Gasteiger partial charge in [0.2, 0.25) is 0 Å². The number of amides is 1. The zero-order valence-corrected chi connectivity index (χ0v) is 12.2. The highest BCUT2D eigenvalue weighted by atomic mass is 16.5. The molecule has 2 aromatic rings. The molecule has 0 saturated carbocycles. The molecule has 0 aliphatic carbocycles. The molecule has 1 heterocycles. The number of carbonyl (C=O) groups excluding carboxylic acids is 1. The van der Waals surface area contributed by atoms with Crippen LogP contribution in [0.1, 0.15) is 17.4 Å². The molecule has 2 rings (SSSR count). The Kier molecular flexibility index (Phi) is 5.40. The maximum Gasteiger partial charge on any atom is 0.258 e. The van der Waals surface area contributed by atoms with Crippen LogP contribution in [-0.2, 0) is 9.53 Å². The summed E-state index contributed by atoms with van der Waals surface area (Å²) in [5.74, 6) is 1.14. The van der Waals surface area contributed by atoms with Crippen molar-refractivity contribution < 1.29 is 18.7 Å². The monoisotopic (exact) mass is 289 g/mol. The number of aryl methyl sites for hydroxylation is 1. The van der Waals surface area contributed by atoms with Gasteiger partial charge in [0.05, 0.1) is 12.8 Å². The number of methoxy groups -OCH3 is 1. The Labute approximate surface area is 123 Å². The van der Waals surface area contributed by atoms with Crippen molar-refractivity contribution in [3.05, 3.63) is 54.0 Å². The molecule has 1 N–H and O–H groups in total. The minimum Gasteiger partial charge on any atom is -0.484 e. The van der Waals surface area contributed by atoms with Crippen LogP contribution < -0.4 is 10.1 Å². The first kappa shape index (κ1) is 15.1. The Bertz CT molecular complexity index is 548. The normalized spacial score (nSPS) is 11.9. The van der Waals surface area contributed by atoms with Crippen molar-refractivity contribution in [1.29, 1.82) is 0 Å². The lowest BCUT2D eigenvalue weighted by Crippen LogP contribution is -2.32. The van der Waals surface area contributed by atoms with Gasteiger partial charge >= 0.3 is 0 Å². The van der Waals surface area contributed by atoms with E-state index in [1.165, 1.54) is 0 Å². The van der Waals surface area contributed by atoms with E-state index in [2.05, 4.69) is 5.32 Å². The van der Waals surface area contributed by atoms with Crippen molar-refractivity contribution in [3.8, 4) is 5.75 Å². The number of furan rings is 1. The van der Waals surface area contributed by atoms with Crippen LogP contribution in [-0.4, -0.2) is 26.2 Å². The smallest absolute Gasteiger partial charge is 0.258 e. The number of ether oxygens (including phenoxy) is 2. The van der Waals surface area contributed by atoms with Gasteiger partial charge in [0.25, 0.3) is 5.91 Å². The number of nitrogens with one attached hydrogen (secondary N) is 1. The highest BCUT2D eigenvalue weighted by molar-refractivity contribution is 5.77. The second kappa shape index (κ2) is 7.50. The van der Waals surface area contributed by atoms with Gasteiger partial charge in [0, 0.05) is 7.11 Å². The lowest BCUT2D eigenvalue weighted by atomic mass is 10.2. The summed E-state index contributed by atoms with van der Waals surface area (Å²) in [6.07, 6.45) is 1.27. The third-order valence-corrected chi connectivity index (χ3v) is 3.02. The third-order valence-electron chi connectivity index (χ3n) is 3.02. The lowest BCUT2D eigenvalue weighted by Gasteiger charge is -2.14. The van der Waals surface area contributed by atoms with Crippen LogP contribution in [0.4, 0.5) is 0 Å². The largest absolute Gasteiger partial charge is 0.484 e. The molecule has 1 unspecified atom stereocenters. The predicted octanol–water partition coefficient (Wildman–Crippen LogP) is 2.47. The van der Waals surface area contributed by atoms with Gasteiger partial charge < -0.3 is 19.2 Å². The first-order chi connectivity index (χ1) is 10.2. The van der Waals surface area contributed by atoms with Crippen molar-refractivity contribution in [2.75, 3.05) is 20.3 Å². The van der Waals surface area contributed by atoms with E-state index >= 15 is 0 Å². The Morgan fingerprint density at radius 2 is 2.05 bits per heavy atom. The van der Waals surface area contributed by atoms with Gasteiger partial charge in [-0.1, -0.05) is 17.7 Å². The van der Waals surface area contributed by atoms with Crippen LogP contribution >= 0.6 is 0 Å². The zero-order chi connectivity index (χ0) is 15.1. The van der Waals surface area contributed by atoms with Crippen molar-refractivity contribution >= 4 is 5.91 Å². The van der Waals surface area contributed by atoms with Crippen LogP contribution in [0.15, 0.2) is 47.1 Å². The van der Waals surface area contributed by atoms with Crippen LogP contribution in [0.5, 0.6) is 5.75 Å². The summed E-state index contributed by atoms with van der Waals surface area (Å²) >= 11 is 0.